The van der Waals surface area contributed by atoms with E-state index >= 15 is 0 Å². The standard InChI is InChI=1S/C20H23F2N5OS/c1-20(2,3)15-10-29-16(26-15)6-7-23-19(28)12-9-24-27-14(17(21)22)8-13(11-4-5-11)25-18(12)27/h8-11,17H,4-7H2,1-3H3,(H,23,28). The largest absolute Gasteiger partial charge is 0.351 e. The van der Waals surface area contributed by atoms with Gasteiger partial charge in [-0.15, -0.1) is 11.3 Å². The monoisotopic (exact) mass is 419 g/mol. The van der Waals surface area contributed by atoms with Crippen molar-refractivity contribution in [3.05, 3.63) is 45.3 Å². The van der Waals surface area contributed by atoms with Gasteiger partial charge in [0, 0.05) is 35.4 Å². The van der Waals surface area contributed by atoms with Gasteiger partial charge in [-0.1, -0.05) is 20.8 Å². The Balaban J connectivity index is 1.49. The first-order valence-electron chi connectivity index (χ1n) is 9.64. The highest BCUT2D eigenvalue weighted by Crippen LogP contribution is 2.40. The van der Waals surface area contributed by atoms with Gasteiger partial charge in [0.2, 0.25) is 0 Å². The van der Waals surface area contributed by atoms with Gasteiger partial charge in [-0.2, -0.15) is 5.10 Å². The van der Waals surface area contributed by atoms with Crippen molar-refractivity contribution in [3.8, 4) is 0 Å². The number of rotatable bonds is 6. The molecule has 9 heteroatoms. The second-order valence-corrected chi connectivity index (χ2v) is 9.30. The van der Waals surface area contributed by atoms with E-state index in [-0.39, 0.29) is 34.1 Å². The molecule has 1 fully saturated rings. The molecule has 3 aromatic rings. The van der Waals surface area contributed by atoms with Gasteiger partial charge in [-0.3, -0.25) is 4.79 Å². The fourth-order valence-electron chi connectivity index (χ4n) is 3.06. The molecule has 1 saturated carbocycles. The van der Waals surface area contributed by atoms with Crippen LogP contribution in [0.1, 0.15) is 78.4 Å². The molecule has 0 atom stereocenters. The van der Waals surface area contributed by atoms with E-state index < -0.39 is 6.43 Å². The number of carbonyl (C=O) groups is 1. The average molecular weight is 420 g/mol. The van der Waals surface area contributed by atoms with Crippen molar-refractivity contribution in [2.24, 2.45) is 0 Å². The van der Waals surface area contributed by atoms with Crippen LogP contribution >= 0.6 is 11.3 Å². The van der Waals surface area contributed by atoms with E-state index in [0.717, 1.165) is 28.1 Å². The Morgan fingerprint density at radius 1 is 1.34 bits per heavy atom. The van der Waals surface area contributed by atoms with Gasteiger partial charge in [-0.05, 0) is 18.9 Å². The molecule has 0 aromatic carbocycles. The van der Waals surface area contributed by atoms with Gasteiger partial charge >= 0.3 is 0 Å². The van der Waals surface area contributed by atoms with Gasteiger partial charge in [0.25, 0.3) is 12.3 Å². The van der Waals surface area contributed by atoms with Crippen LogP contribution in [0.15, 0.2) is 17.6 Å². The summed E-state index contributed by atoms with van der Waals surface area (Å²) in [6.07, 6.45) is 1.10. The molecule has 1 N–H and O–H groups in total. The molecule has 0 bridgehead atoms. The molecule has 4 rings (SSSR count). The van der Waals surface area contributed by atoms with Crippen LogP contribution in [-0.2, 0) is 11.8 Å². The zero-order valence-corrected chi connectivity index (χ0v) is 17.4. The minimum Gasteiger partial charge on any atom is -0.351 e. The number of fused-ring (bicyclic) bond motifs is 1. The maximum atomic E-state index is 13.5. The zero-order chi connectivity index (χ0) is 20.8. The predicted molar refractivity (Wildman–Crippen MR) is 107 cm³/mol. The van der Waals surface area contributed by atoms with Crippen molar-refractivity contribution in [2.45, 2.75) is 57.8 Å². The SMILES string of the molecule is CC(C)(C)c1csc(CCNC(=O)c2cnn3c(C(F)F)cc(C4CC4)nc23)n1. The molecule has 154 valence electrons. The fourth-order valence-corrected chi connectivity index (χ4v) is 4.08. The number of nitrogens with zero attached hydrogens (tertiary/aromatic N) is 4. The lowest BCUT2D eigenvalue weighted by molar-refractivity contribution is 0.0955. The summed E-state index contributed by atoms with van der Waals surface area (Å²) in [5.41, 5.74) is 1.80. The van der Waals surface area contributed by atoms with E-state index in [4.69, 9.17) is 0 Å². The summed E-state index contributed by atoms with van der Waals surface area (Å²) in [7, 11) is 0. The fraction of sp³-hybridized carbons (Fsp3) is 0.500. The van der Waals surface area contributed by atoms with E-state index in [0.29, 0.717) is 18.7 Å². The smallest absolute Gasteiger partial charge is 0.280 e. The molecule has 0 saturated heterocycles. The second kappa shape index (κ2) is 7.44. The summed E-state index contributed by atoms with van der Waals surface area (Å²) in [5.74, 6) is -0.168. The van der Waals surface area contributed by atoms with Crippen LogP contribution in [0.25, 0.3) is 5.65 Å². The number of alkyl halides is 2. The third kappa shape index (κ3) is 4.14. The molecule has 0 unspecified atom stereocenters. The van der Waals surface area contributed by atoms with Gasteiger partial charge in [0.1, 0.15) is 11.3 Å². The highest BCUT2D eigenvalue weighted by molar-refractivity contribution is 7.09. The van der Waals surface area contributed by atoms with Crippen LogP contribution in [0.5, 0.6) is 0 Å². The lowest BCUT2D eigenvalue weighted by atomic mass is 9.93. The topological polar surface area (TPSA) is 72.2 Å². The molecular formula is C20H23F2N5OS. The zero-order valence-electron chi connectivity index (χ0n) is 16.6. The van der Waals surface area contributed by atoms with Crippen molar-refractivity contribution in [1.82, 2.24) is 24.9 Å². The molecule has 29 heavy (non-hydrogen) atoms. The normalized spacial score (nSPS) is 14.7. The van der Waals surface area contributed by atoms with E-state index in [2.05, 4.69) is 41.2 Å². The highest BCUT2D eigenvalue weighted by Gasteiger charge is 2.29. The summed E-state index contributed by atoms with van der Waals surface area (Å²) < 4.78 is 28.0. The Morgan fingerprint density at radius 2 is 2.10 bits per heavy atom. The van der Waals surface area contributed by atoms with E-state index in [9.17, 15) is 13.6 Å². The maximum Gasteiger partial charge on any atom is 0.280 e. The first-order valence-corrected chi connectivity index (χ1v) is 10.5. The summed E-state index contributed by atoms with van der Waals surface area (Å²) >= 11 is 1.57. The molecule has 0 radical (unpaired) electrons. The third-order valence-electron chi connectivity index (χ3n) is 4.93. The van der Waals surface area contributed by atoms with Crippen molar-refractivity contribution >= 4 is 22.9 Å². The Labute approximate surface area is 171 Å². The minimum atomic E-state index is -2.68. The van der Waals surface area contributed by atoms with Crippen LogP contribution < -0.4 is 5.32 Å². The summed E-state index contributed by atoms with van der Waals surface area (Å²) in [4.78, 5) is 21.7. The molecule has 1 amide bonds. The number of nitrogens with one attached hydrogen (secondary N) is 1. The first-order chi connectivity index (χ1) is 13.7. The number of amides is 1. The molecule has 0 spiro atoms. The van der Waals surface area contributed by atoms with Gasteiger partial charge in [-0.25, -0.2) is 23.3 Å². The van der Waals surface area contributed by atoms with Crippen molar-refractivity contribution < 1.29 is 13.6 Å². The van der Waals surface area contributed by atoms with E-state index in [1.807, 2.05) is 5.38 Å². The molecule has 1 aliphatic rings. The number of hydrogen-bond donors (Lipinski definition) is 1. The summed E-state index contributed by atoms with van der Waals surface area (Å²) in [6.45, 7) is 6.72. The Bertz CT molecular complexity index is 1050. The Morgan fingerprint density at radius 3 is 2.72 bits per heavy atom. The second-order valence-electron chi connectivity index (χ2n) is 8.36. The quantitative estimate of drug-likeness (QED) is 0.648. The number of hydrogen-bond acceptors (Lipinski definition) is 5. The van der Waals surface area contributed by atoms with Crippen LogP contribution in [-0.4, -0.2) is 32.0 Å². The third-order valence-corrected chi connectivity index (χ3v) is 5.84. The number of halogens is 2. The number of thiazole rings is 1. The molecule has 3 aromatic heterocycles. The van der Waals surface area contributed by atoms with Crippen molar-refractivity contribution in [1.29, 1.82) is 0 Å². The van der Waals surface area contributed by atoms with E-state index in [1.165, 1.54) is 12.3 Å². The minimum absolute atomic E-state index is 0.0115. The lowest BCUT2D eigenvalue weighted by Crippen LogP contribution is -2.26. The molecule has 3 heterocycles. The molecule has 0 aliphatic heterocycles. The summed E-state index contributed by atoms with van der Waals surface area (Å²) in [5, 5.41) is 9.80. The van der Waals surface area contributed by atoms with Crippen LogP contribution in [0.4, 0.5) is 8.78 Å². The molecular weight excluding hydrogens is 396 g/mol. The van der Waals surface area contributed by atoms with Gasteiger partial charge in [0.05, 0.1) is 16.9 Å². The highest BCUT2D eigenvalue weighted by atomic mass is 32.1. The predicted octanol–water partition coefficient (Wildman–Crippen LogP) is 4.27. The molecule has 6 nitrogen and oxygen atoms in total. The van der Waals surface area contributed by atoms with E-state index in [1.54, 1.807) is 11.3 Å². The Kier molecular flexibility index (Phi) is 5.10. The summed E-state index contributed by atoms with van der Waals surface area (Å²) in [6, 6.07) is 1.40. The first kappa shape index (κ1) is 19.9. The number of aromatic nitrogens is 4. The Hall–Kier alpha value is -2.42. The van der Waals surface area contributed by atoms with Gasteiger partial charge < -0.3 is 5.32 Å². The van der Waals surface area contributed by atoms with Crippen LogP contribution in [0.2, 0.25) is 0 Å². The lowest BCUT2D eigenvalue weighted by Gasteiger charge is -2.14. The average Bonchev–Trinajstić information content (AvgIpc) is 3.23. The van der Waals surface area contributed by atoms with Crippen LogP contribution in [0, 0.1) is 0 Å². The van der Waals surface area contributed by atoms with Gasteiger partial charge in [0.15, 0.2) is 5.65 Å². The van der Waals surface area contributed by atoms with Crippen LogP contribution in [0.3, 0.4) is 0 Å². The van der Waals surface area contributed by atoms with Crippen molar-refractivity contribution in [2.75, 3.05) is 6.54 Å². The molecule has 1 aliphatic carbocycles. The van der Waals surface area contributed by atoms with Crippen molar-refractivity contribution in [3.63, 3.8) is 0 Å². The maximum absolute atomic E-state index is 13.5. The number of carbonyl (C=O) groups excluding carboxylic acids is 1.